The number of amides is 1. The Bertz CT molecular complexity index is 489. The van der Waals surface area contributed by atoms with E-state index < -0.39 is 11.7 Å². The first-order valence-corrected chi connectivity index (χ1v) is 7.87. The van der Waals surface area contributed by atoms with Gasteiger partial charge in [0.25, 0.3) is 0 Å². The van der Waals surface area contributed by atoms with Gasteiger partial charge >= 0.3 is 6.09 Å². The highest BCUT2D eigenvalue weighted by atomic mass is 16.6. The molecule has 1 aliphatic heterocycles. The monoisotopic (exact) mass is 306 g/mol. The van der Waals surface area contributed by atoms with Crippen LogP contribution in [0.4, 0.5) is 16.2 Å². The highest BCUT2D eigenvalue weighted by molar-refractivity contribution is 5.89. The number of anilines is 2. The molecule has 0 aromatic heterocycles. The molecule has 0 saturated carbocycles. The maximum Gasteiger partial charge on any atom is 0.412 e. The largest absolute Gasteiger partial charge is 0.444 e. The van der Waals surface area contributed by atoms with Crippen molar-refractivity contribution in [3.63, 3.8) is 0 Å². The van der Waals surface area contributed by atoms with Gasteiger partial charge in [-0.3, -0.25) is 5.32 Å². The van der Waals surface area contributed by atoms with Gasteiger partial charge in [0, 0.05) is 19.3 Å². The first kappa shape index (κ1) is 16.6. The summed E-state index contributed by atoms with van der Waals surface area (Å²) in [5.74, 6) is 0. The van der Waals surface area contributed by atoms with Crippen LogP contribution in [0.25, 0.3) is 0 Å². The number of rotatable bonds is 3. The van der Waals surface area contributed by atoms with E-state index in [2.05, 4.69) is 10.6 Å². The van der Waals surface area contributed by atoms with Crippen LogP contribution in [0, 0.1) is 0 Å². The van der Waals surface area contributed by atoms with Gasteiger partial charge in [0.05, 0.1) is 11.4 Å². The van der Waals surface area contributed by atoms with Crippen LogP contribution in [-0.4, -0.2) is 30.9 Å². The number of carbonyl (C=O) groups excluding carboxylic acids is 1. The zero-order chi connectivity index (χ0) is 16.0. The molecule has 1 heterocycles. The second-order valence-electron chi connectivity index (χ2n) is 6.56. The van der Waals surface area contributed by atoms with Crippen LogP contribution < -0.4 is 10.6 Å². The number of benzene rings is 1. The maximum absolute atomic E-state index is 11.9. The molecule has 5 nitrogen and oxygen atoms in total. The van der Waals surface area contributed by atoms with E-state index in [-0.39, 0.29) is 0 Å². The van der Waals surface area contributed by atoms with E-state index in [0.29, 0.717) is 6.04 Å². The number of hydrogen-bond donors (Lipinski definition) is 2. The molecule has 0 spiro atoms. The summed E-state index contributed by atoms with van der Waals surface area (Å²) in [6.07, 6.45) is 2.66. The van der Waals surface area contributed by atoms with Gasteiger partial charge in [0.15, 0.2) is 0 Å². The summed E-state index contributed by atoms with van der Waals surface area (Å²) in [6, 6.07) is 8.06. The van der Waals surface area contributed by atoms with Gasteiger partial charge in [-0.05, 0) is 52.2 Å². The SMILES string of the molecule is CC(C)(C)OC(=O)Nc1ccccc1NC1CCCOCC1. The molecule has 1 atom stereocenters. The quantitative estimate of drug-likeness (QED) is 0.885. The van der Waals surface area contributed by atoms with Crippen molar-refractivity contribution in [1.29, 1.82) is 0 Å². The normalized spacial score (nSPS) is 19.1. The molecule has 5 heteroatoms. The summed E-state index contributed by atoms with van der Waals surface area (Å²) in [5.41, 5.74) is 1.15. The van der Waals surface area contributed by atoms with E-state index >= 15 is 0 Å². The molecule has 1 aliphatic rings. The number of nitrogens with one attached hydrogen (secondary N) is 2. The van der Waals surface area contributed by atoms with Crippen LogP contribution in [0.3, 0.4) is 0 Å². The molecule has 1 aromatic rings. The fourth-order valence-electron chi connectivity index (χ4n) is 2.40. The van der Waals surface area contributed by atoms with Crippen molar-refractivity contribution in [2.75, 3.05) is 23.8 Å². The fourth-order valence-corrected chi connectivity index (χ4v) is 2.40. The molecule has 22 heavy (non-hydrogen) atoms. The molecule has 2 rings (SSSR count). The second-order valence-corrected chi connectivity index (χ2v) is 6.56. The van der Waals surface area contributed by atoms with Gasteiger partial charge in [-0.25, -0.2) is 4.79 Å². The molecular weight excluding hydrogens is 280 g/mol. The molecule has 0 aliphatic carbocycles. The Morgan fingerprint density at radius 1 is 1.18 bits per heavy atom. The van der Waals surface area contributed by atoms with Crippen molar-refractivity contribution < 1.29 is 14.3 Å². The minimum absolute atomic E-state index is 0.365. The van der Waals surface area contributed by atoms with Crippen molar-refractivity contribution in [2.45, 2.75) is 51.7 Å². The highest BCUT2D eigenvalue weighted by Crippen LogP contribution is 2.25. The minimum atomic E-state index is -0.509. The Hall–Kier alpha value is -1.75. The standard InChI is InChI=1S/C17H26N2O3/c1-17(2,3)22-16(20)19-15-9-5-4-8-14(15)18-13-7-6-11-21-12-10-13/h4-5,8-9,13,18H,6-7,10-12H2,1-3H3,(H,19,20). The second kappa shape index (κ2) is 7.49. The molecule has 2 N–H and O–H groups in total. The molecule has 1 aromatic carbocycles. The third-order valence-corrected chi connectivity index (χ3v) is 3.37. The van der Waals surface area contributed by atoms with Crippen LogP contribution in [-0.2, 0) is 9.47 Å². The lowest BCUT2D eigenvalue weighted by molar-refractivity contribution is 0.0636. The molecular formula is C17H26N2O3. The van der Waals surface area contributed by atoms with Crippen molar-refractivity contribution in [3.05, 3.63) is 24.3 Å². The fraction of sp³-hybridized carbons (Fsp3) is 0.588. The van der Waals surface area contributed by atoms with E-state index in [0.717, 1.165) is 43.9 Å². The Labute approximate surface area is 132 Å². The molecule has 0 radical (unpaired) electrons. The first-order valence-electron chi connectivity index (χ1n) is 7.87. The third-order valence-electron chi connectivity index (χ3n) is 3.37. The predicted molar refractivity (Wildman–Crippen MR) is 88.4 cm³/mol. The Morgan fingerprint density at radius 2 is 1.91 bits per heavy atom. The number of ether oxygens (including phenoxy) is 2. The predicted octanol–water partition coefficient (Wildman–Crippen LogP) is 4.01. The van der Waals surface area contributed by atoms with Crippen LogP contribution in [0.5, 0.6) is 0 Å². The summed E-state index contributed by atoms with van der Waals surface area (Å²) in [5, 5.41) is 6.32. The smallest absolute Gasteiger partial charge is 0.412 e. The summed E-state index contributed by atoms with van der Waals surface area (Å²) in [7, 11) is 0. The lowest BCUT2D eigenvalue weighted by atomic mass is 10.1. The first-order chi connectivity index (χ1) is 10.4. The zero-order valence-electron chi connectivity index (χ0n) is 13.6. The van der Waals surface area contributed by atoms with Crippen LogP contribution in [0.1, 0.15) is 40.0 Å². The maximum atomic E-state index is 11.9. The number of hydrogen-bond acceptors (Lipinski definition) is 4. The highest BCUT2D eigenvalue weighted by Gasteiger charge is 2.18. The summed E-state index contributed by atoms with van der Waals surface area (Å²) < 4.78 is 10.8. The molecule has 0 bridgehead atoms. The topological polar surface area (TPSA) is 59.6 Å². The number of carbonyl (C=O) groups is 1. The van der Waals surface area contributed by atoms with Crippen molar-refractivity contribution in [2.24, 2.45) is 0 Å². The zero-order valence-corrected chi connectivity index (χ0v) is 13.6. The lowest BCUT2D eigenvalue weighted by Crippen LogP contribution is -2.28. The van der Waals surface area contributed by atoms with E-state index in [1.807, 2.05) is 45.0 Å². The lowest BCUT2D eigenvalue weighted by Gasteiger charge is -2.22. The summed E-state index contributed by atoms with van der Waals surface area (Å²) in [4.78, 5) is 11.9. The average Bonchev–Trinajstić information content (AvgIpc) is 2.67. The van der Waals surface area contributed by atoms with Crippen molar-refractivity contribution >= 4 is 17.5 Å². The molecule has 1 unspecified atom stereocenters. The van der Waals surface area contributed by atoms with Gasteiger partial charge < -0.3 is 14.8 Å². The van der Waals surface area contributed by atoms with E-state index in [1.165, 1.54) is 0 Å². The van der Waals surface area contributed by atoms with Gasteiger partial charge in [0.2, 0.25) is 0 Å². The molecule has 122 valence electrons. The Balaban J connectivity index is 2.01. The summed E-state index contributed by atoms with van der Waals surface area (Å²) in [6.45, 7) is 7.15. The van der Waals surface area contributed by atoms with Gasteiger partial charge in [0.1, 0.15) is 5.60 Å². The molecule has 1 fully saturated rings. The van der Waals surface area contributed by atoms with Gasteiger partial charge in [-0.15, -0.1) is 0 Å². The Morgan fingerprint density at radius 3 is 2.64 bits per heavy atom. The van der Waals surface area contributed by atoms with Gasteiger partial charge in [-0.2, -0.15) is 0 Å². The average molecular weight is 306 g/mol. The van der Waals surface area contributed by atoms with Gasteiger partial charge in [-0.1, -0.05) is 12.1 Å². The Kier molecular flexibility index (Phi) is 5.66. The number of para-hydroxylation sites is 2. The minimum Gasteiger partial charge on any atom is -0.444 e. The van der Waals surface area contributed by atoms with E-state index in [1.54, 1.807) is 0 Å². The van der Waals surface area contributed by atoms with Crippen LogP contribution >= 0.6 is 0 Å². The van der Waals surface area contributed by atoms with Crippen molar-refractivity contribution in [3.8, 4) is 0 Å². The third kappa shape index (κ3) is 5.56. The van der Waals surface area contributed by atoms with E-state index in [4.69, 9.17) is 9.47 Å². The molecule has 1 saturated heterocycles. The van der Waals surface area contributed by atoms with Crippen molar-refractivity contribution in [1.82, 2.24) is 0 Å². The van der Waals surface area contributed by atoms with Crippen LogP contribution in [0.2, 0.25) is 0 Å². The molecule has 1 amide bonds. The summed E-state index contributed by atoms with van der Waals surface area (Å²) >= 11 is 0. The van der Waals surface area contributed by atoms with Crippen LogP contribution in [0.15, 0.2) is 24.3 Å². The van der Waals surface area contributed by atoms with E-state index in [9.17, 15) is 4.79 Å².